The molecule has 2 aromatic rings. The fourth-order valence-corrected chi connectivity index (χ4v) is 4.90. The summed E-state index contributed by atoms with van der Waals surface area (Å²) in [5.74, 6) is 2.15. The number of anilines is 2. The molecule has 0 saturated heterocycles. The van der Waals surface area contributed by atoms with Crippen molar-refractivity contribution in [1.29, 1.82) is 0 Å². The van der Waals surface area contributed by atoms with Gasteiger partial charge in [-0.05, 0) is 51.4 Å². The largest absolute Gasteiger partial charge is 0.354 e. The molecule has 1 atom stereocenters. The highest BCUT2D eigenvalue weighted by Crippen LogP contribution is 2.35. The van der Waals surface area contributed by atoms with Crippen LogP contribution in [0.5, 0.6) is 0 Å². The lowest BCUT2D eigenvalue weighted by molar-refractivity contribution is 0.240. The van der Waals surface area contributed by atoms with Gasteiger partial charge in [-0.25, -0.2) is 18.1 Å². The first-order valence-electron chi connectivity index (χ1n) is 10.8. The minimum atomic E-state index is -3.58. The average Bonchev–Trinajstić information content (AvgIpc) is 3.20. The van der Waals surface area contributed by atoms with E-state index in [2.05, 4.69) is 35.3 Å². The summed E-state index contributed by atoms with van der Waals surface area (Å²) in [5.41, 5.74) is 6.54. The van der Waals surface area contributed by atoms with Gasteiger partial charge in [-0.1, -0.05) is 0 Å². The topological polar surface area (TPSA) is 153 Å². The molecule has 172 valence electrons. The van der Waals surface area contributed by atoms with Crippen LogP contribution in [0.15, 0.2) is 17.6 Å². The smallest absolute Gasteiger partial charge is 0.259 e. The Morgan fingerprint density at radius 2 is 1.71 bits per heavy atom. The molecule has 1 unspecified atom stereocenters. The van der Waals surface area contributed by atoms with Gasteiger partial charge in [0.2, 0.25) is 11.9 Å². The number of aromatic nitrogens is 5. The van der Waals surface area contributed by atoms with Gasteiger partial charge < -0.3 is 20.9 Å². The molecule has 0 bridgehead atoms. The first-order valence-corrected chi connectivity index (χ1v) is 12.3. The number of sulfonamides is 1. The van der Waals surface area contributed by atoms with Crippen molar-refractivity contribution < 1.29 is 8.42 Å². The SMILES string of the molecule is CCNc1nc(NCC)nc(C(N)C2CCC(CNS(=O)(=O)c3cn(C)cn3)CC2)n1. The number of rotatable bonds is 10. The van der Waals surface area contributed by atoms with E-state index in [4.69, 9.17) is 5.73 Å². The Morgan fingerprint density at radius 1 is 1.10 bits per heavy atom. The molecule has 1 aliphatic rings. The quantitative estimate of drug-likeness (QED) is 0.418. The van der Waals surface area contributed by atoms with E-state index in [1.807, 2.05) is 13.8 Å². The van der Waals surface area contributed by atoms with Crippen molar-refractivity contribution in [2.45, 2.75) is 50.6 Å². The Bertz CT molecular complexity index is 931. The van der Waals surface area contributed by atoms with E-state index < -0.39 is 10.0 Å². The van der Waals surface area contributed by atoms with Crippen LogP contribution in [0.25, 0.3) is 0 Å². The third-order valence-electron chi connectivity index (χ3n) is 5.54. The van der Waals surface area contributed by atoms with E-state index in [1.165, 1.54) is 12.5 Å². The number of nitrogens with zero attached hydrogens (tertiary/aromatic N) is 5. The molecule has 0 spiro atoms. The standard InChI is InChI=1S/C19H33N9O2S/c1-4-21-18-25-17(26-19(27-18)22-5-2)16(20)14-8-6-13(7-9-14)10-24-31(29,30)15-11-28(3)12-23-15/h11-14,16,24H,4-10,20H2,1-3H3,(H2,21,22,25,26,27). The molecule has 0 amide bonds. The Balaban J connectivity index is 1.56. The number of hydrogen-bond donors (Lipinski definition) is 4. The predicted octanol–water partition coefficient (Wildman–Crippen LogP) is 1.25. The number of hydrogen-bond acceptors (Lipinski definition) is 9. The van der Waals surface area contributed by atoms with Gasteiger partial charge in [0.15, 0.2) is 10.9 Å². The van der Waals surface area contributed by atoms with Crippen LogP contribution in [-0.4, -0.2) is 52.6 Å². The lowest BCUT2D eigenvalue weighted by atomic mass is 9.78. The van der Waals surface area contributed by atoms with Crippen LogP contribution in [0, 0.1) is 11.8 Å². The summed E-state index contributed by atoms with van der Waals surface area (Å²) in [4.78, 5) is 17.3. The Labute approximate surface area is 183 Å². The van der Waals surface area contributed by atoms with Gasteiger partial charge >= 0.3 is 0 Å². The highest BCUT2D eigenvalue weighted by Gasteiger charge is 2.29. The van der Waals surface area contributed by atoms with Crippen LogP contribution in [0.4, 0.5) is 11.9 Å². The molecule has 3 rings (SSSR count). The van der Waals surface area contributed by atoms with Gasteiger partial charge in [-0.3, -0.25) is 0 Å². The molecular formula is C19H33N9O2S. The first-order chi connectivity index (χ1) is 14.8. The van der Waals surface area contributed by atoms with Crippen molar-refractivity contribution in [2.75, 3.05) is 30.3 Å². The molecule has 11 nitrogen and oxygen atoms in total. The zero-order valence-electron chi connectivity index (χ0n) is 18.4. The van der Waals surface area contributed by atoms with Gasteiger partial charge in [-0.2, -0.15) is 15.0 Å². The average molecular weight is 452 g/mol. The van der Waals surface area contributed by atoms with E-state index in [1.54, 1.807) is 11.6 Å². The molecule has 1 saturated carbocycles. The van der Waals surface area contributed by atoms with E-state index in [0.717, 1.165) is 25.7 Å². The molecule has 2 heterocycles. The molecule has 0 aromatic carbocycles. The lowest BCUT2D eigenvalue weighted by Gasteiger charge is -2.31. The summed E-state index contributed by atoms with van der Waals surface area (Å²) in [6.07, 6.45) is 6.57. The van der Waals surface area contributed by atoms with E-state index >= 15 is 0 Å². The molecule has 31 heavy (non-hydrogen) atoms. The van der Waals surface area contributed by atoms with E-state index in [9.17, 15) is 8.42 Å². The second-order valence-corrected chi connectivity index (χ2v) is 9.65. The van der Waals surface area contributed by atoms with Gasteiger partial charge in [0.25, 0.3) is 10.0 Å². The second-order valence-electron chi connectivity index (χ2n) is 7.94. The number of nitrogens with one attached hydrogen (secondary N) is 3. The normalized spacial score (nSPS) is 20.4. The fourth-order valence-electron chi connectivity index (χ4n) is 3.81. The molecule has 0 radical (unpaired) electrons. The van der Waals surface area contributed by atoms with Crippen LogP contribution in [0.1, 0.15) is 51.4 Å². The first kappa shape index (κ1) is 23.4. The maximum atomic E-state index is 12.4. The fraction of sp³-hybridized carbons (Fsp3) is 0.684. The summed E-state index contributed by atoms with van der Waals surface area (Å²) in [6, 6.07) is -0.288. The summed E-state index contributed by atoms with van der Waals surface area (Å²) in [6.45, 7) is 5.80. The van der Waals surface area contributed by atoms with Gasteiger partial charge in [-0.15, -0.1) is 0 Å². The second kappa shape index (κ2) is 10.3. The maximum absolute atomic E-state index is 12.4. The lowest BCUT2D eigenvalue weighted by Crippen LogP contribution is -2.34. The van der Waals surface area contributed by atoms with Crippen LogP contribution < -0.4 is 21.1 Å². The minimum absolute atomic E-state index is 0.0496. The number of imidazole rings is 1. The van der Waals surface area contributed by atoms with Crippen LogP contribution in [-0.2, 0) is 17.1 Å². The van der Waals surface area contributed by atoms with Crippen molar-refractivity contribution in [3.63, 3.8) is 0 Å². The minimum Gasteiger partial charge on any atom is -0.354 e. The molecule has 2 aromatic heterocycles. The summed E-state index contributed by atoms with van der Waals surface area (Å²) >= 11 is 0. The predicted molar refractivity (Wildman–Crippen MR) is 119 cm³/mol. The molecule has 12 heteroatoms. The summed E-state index contributed by atoms with van der Waals surface area (Å²) in [5, 5.41) is 6.31. The monoisotopic (exact) mass is 451 g/mol. The summed E-state index contributed by atoms with van der Waals surface area (Å²) in [7, 11) is -1.84. The van der Waals surface area contributed by atoms with Gasteiger partial charge in [0, 0.05) is 32.9 Å². The Morgan fingerprint density at radius 3 is 2.23 bits per heavy atom. The van der Waals surface area contributed by atoms with Gasteiger partial charge in [0.05, 0.1) is 12.4 Å². The highest BCUT2D eigenvalue weighted by atomic mass is 32.2. The number of aryl methyl sites for hydroxylation is 1. The van der Waals surface area contributed by atoms with Crippen molar-refractivity contribution in [3.05, 3.63) is 18.3 Å². The molecule has 5 N–H and O–H groups in total. The molecule has 1 aliphatic carbocycles. The van der Waals surface area contributed by atoms with Gasteiger partial charge in [0.1, 0.15) is 0 Å². The third-order valence-corrected chi connectivity index (χ3v) is 6.85. The molecule has 0 aliphatic heterocycles. The highest BCUT2D eigenvalue weighted by molar-refractivity contribution is 7.89. The van der Waals surface area contributed by atoms with Crippen LogP contribution in [0.2, 0.25) is 0 Å². The zero-order valence-corrected chi connectivity index (χ0v) is 19.2. The van der Waals surface area contributed by atoms with Crippen molar-refractivity contribution in [2.24, 2.45) is 24.6 Å². The molecular weight excluding hydrogens is 418 g/mol. The maximum Gasteiger partial charge on any atom is 0.259 e. The molecule has 1 fully saturated rings. The van der Waals surface area contributed by atoms with Crippen LogP contribution in [0.3, 0.4) is 0 Å². The Hall–Kier alpha value is -2.31. The number of nitrogens with two attached hydrogens (primary N) is 1. The van der Waals surface area contributed by atoms with E-state index in [0.29, 0.717) is 37.4 Å². The van der Waals surface area contributed by atoms with Crippen molar-refractivity contribution >= 4 is 21.9 Å². The van der Waals surface area contributed by atoms with Crippen molar-refractivity contribution in [1.82, 2.24) is 29.2 Å². The summed E-state index contributed by atoms with van der Waals surface area (Å²) < 4.78 is 29.1. The third kappa shape index (κ3) is 6.11. The van der Waals surface area contributed by atoms with Crippen molar-refractivity contribution in [3.8, 4) is 0 Å². The van der Waals surface area contributed by atoms with E-state index in [-0.39, 0.29) is 22.9 Å². The zero-order chi connectivity index (χ0) is 22.4. The Kier molecular flexibility index (Phi) is 7.79. The van der Waals surface area contributed by atoms with Crippen LogP contribution >= 0.6 is 0 Å².